The molecule has 24 heavy (non-hydrogen) atoms. The highest BCUT2D eigenvalue weighted by Crippen LogP contribution is 2.25. The van der Waals surface area contributed by atoms with E-state index in [1.165, 1.54) is 0 Å². The predicted octanol–water partition coefficient (Wildman–Crippen LogP) is 5.57. The average molecular weight is 351 g/mol. The Labute approximate surface area is 149 Å². The lowest BCUT2D eigenvalue weighted by Gasteiger charge is -2.33. The molecule has 1 atom stereocenters. The van der Waals surface area contributed by atoms with E-state index in [9.17, 15) is 0 Å². The third-order valence-electron chi connectivity index (χ3n) is 4.66. The fraction of sp³-hybridized carbons (Fsp3) is 0.600. The monoisotopic (exact) mass is 350 g/mol. The highest BCUT2D eigenvalue weighted by Gasteiger charge is 2.32. The normalized spacial score (nSPS) is 12.9. The van der Waals surface area contributed by atoms with Crippen LogP contribution in [0.1, 0.15) is 39.7 Å². The minimum Gasteiger partial charge on any atom is -0.497 e. The van der Waals surface area contributed by atoms with Crippen LogP contribution in [0.2, 0.25) is 18.1 Å². The lowest BCUT2D eigenvalue weighted by molar-refractivity contribution is 0.0359. The van der Waals surface area contributed by atoms with Crippen molar-refractivity contribution in [1.29, 1.82) is 0 Å². The van der Waals surface area contributed by atoms with Crippen molar-refractivity contribution in [3.63, 3.8) is 0 Å². The first kappa shape index (κ1) is 20.9. The molecule has 0 aliphatic heterocycles. The third-order valence-corrected chi connectivity index (χ3v) is 9.36. The fourth-order valence-electron chi connectivity index (χ4n) is 2.91. The molecule has 1 aromatic carbocycles. The second-order valence-corrected chi connectivity index (χ2v) is 11.2. The summed E-state index contributed by atoms with van der Waals surface area (Å²) < 4.78 is 17.7. The van der Waals surface area contributed by atoms with Gasteiger partial charge in [0.15, 0.2) is 8.32 Å². The summed E-state index contributed by atoms with van der Waals surface area (Å²) in [6.45, 7) is 14.1. The van der Waals surface area contributed by atoms with Gasteiger partial charge in [-0.3, -0.25) is 0 Å². The summed E-state index contributed by atoms with van der Waals surface area (Å²) in [6.07, 6.45) is 0.990. The SMILES string of the molecule is C=C(C)C[C@@H](COCc1ccc(OC)cc1)O[Si](CC)(CC)CC. The fourth-order valence-corrected chi connectivity index (χ4v) is 5.77. The largest absolute Gasteiger partial charge is 0.497 e. The second kappa shape index (κ2) is 10.7. The van der Waals surface area contributed by atoms with E-state index >= 15 is 0 Å². The molecule has 0 spiro atoms. The zero-order valence-corrected chi connectivity index (χ0v) is 17.1. The summed E-state index contributed by atoms with van der Waals surface area (Å²) in [5.41, 5.74) is 2.30. The van der Waals surface area contributed by atoms with Gasteiger partial charge in [-0.05, 0) is 49.2 Å². The summed E-state index contributed by atoms with van der Waals surface area (Å²) in [5, 5.41) is 0. The van der Waals surface area contributed by atoms with Gasteiger partial charge in [-0.25, -0.2) is 0 Å². The molecular formula is C20H34O3Si. The van der Waals surface area contributed by atoms with Crippen molar-refractivity contribution < 1.29 is 13.9 Å². The molecule has 0 N–H and O–H groups in total. The van der Waals surface area contributed by atoms with Crippen LogP contribution in [0.3, 0.4) is 0 Å². The maximum absolute atomic E-state index is 6.60. The van der Waals surface area contributed by atoms with Crippen LogP contribution >= 0.6 is 0 Å². The van der Waals surface area contributed by atoms with Crippen molar-refractivity contribution in [2.45, 2.75) is 65.0 Å². The van der Waals surface area contributed by atoms with Crippen LogP contribution in [-0.4, -0.2) is 28.1 Å². The Balaban J connectivity index is 2.60. The Bertz CT molecular complexity index is 472. The molecule has 0 fully saturated rings. The van der Waals surface area contributed by atoms with E-state index in [4.69, 9.17) is 13.9 Å². The molecule has 0 heterocycles. The van der Waals surface area contributed by atoms with E-state index in [0.717, 1.165) is 41.4 Å². The summed E-state index contributed by atoms with van der Waals surface area (Å²) in [5.74, 6) is 0.867. The predicted molar refractivity (Wildman–Crippen MR) is 104 cm³/mol. The van der Waals surface area contributed by atoms with Crippen LogP contribution in [0.25, 0.3) is 0 Å². The van der Waals surface area contributed by atoms with Crippen LogP contribution in [-0.2, 0) is 15.8 Å². The average Bonchev–Trinajstić information content (AvgIpc) is 2.59. The van der Waals surface area contributed by atoms with Crippen molar-refractivity contribution in [2.24, 2.45) is 0 Å². The van der Waals surface area contributed by atoms with Crippen molar-refractivity contribution in [2.75, 3.05) is 13.7 Å². The lowest BCUT2D eigenvalue weighted by atomic mass is 10.1. The molecular weight excluding hydrogens is 316 g/mol. The highest BCUT2D eigenvalue weighted by atomic mass is 28.4. The minimum absolute atomic E-state index is 0.118. The Morgan fingerprint density at radius 3 is 2.12 bits per heavy atom. The molecule has 0 amide bonds. The number of rotatable bonds is 12. The van der Waals surface area contributed by atoms with Gasteiger partial charge >= 0.3 is 0 Å². The minimum atomic E-state index is -1.63. The summed E-state index contributed by atoms with van der Waals surface area (Å²) in [6, 6.07) is 11.5. The van der Waals surface area contributed by atoms with Crippen LogP contribution in [0, 0.1) is 0 Å². The van der Waals surface area contributed by atoms with E-state index in [1.807, 2.05) is 24.3 Å². The summed E-state index contributed by atoms with van der Waals surface area (Å²) in [7, 11) is 0.0504. The zero-order chi connectivity index (χ0) is 18.0. The van der Waals surface area contributed by atoms with Gasteiger partial charge in [-0.1, -0.05) is 38.5 Å². The molecule has 0 unspecified atom stereocenters. The smallest absolute Gasteiger partial charge is 0.192 e. The van der Waals surface area contributed by atoms with Crippen molar-refractivity contribution in [3.05, 3.63) is 42.0 Å². The maximum atomic E-state index is 6.60. The summed E-state index contributed by atoms with van der Waals surface area (Å²) in [4.78, 5) is 0. The lowest BCUT2D eigenvalue weighted by Crippen LogP contribution is -2.41. The Kier molecular flexibility index (Phi) is 9.33. The molecule has 4 heteroatoms. The van der Waals surface area contributed by atoms with Crippen molar-refractivity contribution in [3.8, 4) is 5.75 Å². The van der Waals surface area contributed by atoms with Crippen molar-refractivity contribution >= 4 is 8.32 Å². The quantitative estimate of drug-likeness (QED) is 0.364. The molecule has 3 nitrogen and oxygen atoms in total. The van der Waals surface area contributed by atoms with Crippen LogP contribution in [0.5, 0.6) is 5.75 Å². The molecule has 0 aliphatic carbocycles. The Hall–Kier alpha value is -1.10. The van der Waals surface area contributed by atoms with Crippen molar-refractivity contribution in [1.82, 2.24) is 0 Å². The first-order chi connectivity index (χ1) is 11.5. The Morgan fingerprint density at radius 2 is 1.67 bits per heavy atom. The number of ether oxygens (including phenoxy) is 2. The van der Waals surface area contributed by atoms with Gasteiger partial charge in [0.05, 0.1) is 26.4 Å². The van der Waals surface area contributed by atoms with Crippen LogP contribution in [0.15, 0.2) is 36.4 Å². The van der Waals surface area contributed by atoms with Crippen LogP contribution in [0.4, 0.5) is 0 Å². The van der Waals surface area contributed by atoms with Gasteiger partial charge in [0.25, 0.3) is 0 Å². The van der Waals surface area contributed by atoms with E-state index in [-0.39, 0.29) is 6.10 Å². The number of methoxy groups -OCH3 is 1. The third kappa shape index (κ3) is 6.79. The molecule has 1 rings (SSSR count). The highest BCUT2D eigenvalue weighted by molar-refractivity contribution is 6.73. The van der Waals surface area contributed by atoms with Gasteiger partial charge < -0.3 is 13.9 Å². The van der Waals surface area contributed by atoms with Crippen LogP contribution < -0.4 is 4.74 Å². The molecule has 0 saturated heterocycles. The van der Waals surface area contributed by atoms with E-state index in [2.05, 4.69) is 34.3 Å². The number of hydrogen-bond donors (Lipinski definition) is 0. The number of benzene rings is 1. The zero-order valence-electron chi connectivity index (χ0n) is 16.1. The maximum Gasteiger partial charge on any atom is 0.192 e. The molecule has 0 aromatic heterocycles. The molecule has 0 radical (unpaired) electrons. The van der Waals surface area contributed by atoms with Gasteiger partial charge in [-0.2, -0.15) is 0 Å². The standard InChI is InChI=1S/C20H34O3Si/c1-7-24(8-2,9-3)23-20(14-17(4)5)16-22-15-18-10-12-19(21-6)13-11-18/h10-13,20H,4,7-9,14-16H2,1-3,5-6H3/t20-/m0/s1. The molecule has 0 saturated carbocycles. The van der Waals surface area contributed by atoms with E-state index in [1.54, 1.807) is 7.11 Å². The molecule has 1 aromatic rings. The summed E-state index contributed by atoms with van der Waals surface area (Å²) >= 11 is 0. The van der Waals surface area contributed by atoms with Gasteiger partial charge in [0.2, 0.25) is 0 Å². The second-order valence-electron chi connectivity index (χ2n) is 6.51. The molecule has 0 aliphatic rings. The van der Waals surface area contributed by atoms with Gasteiger partial charge in [0.1, 0.15) is 5.75 Å². The molecule has 136 valence electrons. The topological polar surface area (TPSA) is 27.7 Å². The molecule has 0 bridgehead atoms. The number of hydrogen-bond acceptors (Lipinski definition) is 3. The van der Waals surface area contributed by atoms with Gasteiger partial charge in [0, 0.05) is 0 Å². The van der Waals surface area contributed by atoms with Gasteiger partial charge in [-0.15, -0.1) is 6.58 Å². The first-order valence-corrected chi connectivity index (χ1v) is 11.5. The Morgan fingerprint density at radius 1 is 1.08 bits per heavy atom. The van der Waals surface area contributed by atoms with E-state index in [0.29, 0.717) is 13.2 Å². The van der Waals surface area contributed by atoms with E-state index < -0.39 is 8.32 Å². The first-order valence-electron chi connectivity index (χ1n) is 9.01.